The van der Waals surface area contributed by atoms with Crippen LogP contribution in [0.4, 0.5) is 5.69 Å². The lowest BCUT2D eigenvalue weighted by Crippen LogP contribution is -2.03. The van der Waals surface area contributed by atoms with Crippen LogP contribution in [0.3, 0.4) is 0 Å². The molecule has 0 atom stereocenters. The van der Waals surface area contributed by atoms with Crippen LogP contribution in [-0.2, 0) is 6.54 Å². The molecule has 106 valence electrons. The molecule has 20 heavy (non-hydrogen) atoms. The zero-order chi connectivity index (χ0) is 14.4. The summed E-state index contributed by atoms with van der Waals surface area (Å²) in [6.45, 7) is 5.38. The lowest BCUT2D eigenvalue weighted by molar-refractivity contribution is 0.311. The molecular weight excluding hydrogens is 252 g/mol. The number of rotatable bonds is 6. The minimum absolute atomic E-state index is 0.613. The first kappa shape index (κ1) is 14.2. The van der Waals surface area contributed by atoms with Gasteiger partial charge in [0.15, 0.2) is 11.5 Å². The number of hydrogen-bond acceptors (Lipinski definition) is 4. The third-order valence-electron chi connectivity index (χ3n) is 3.09. The number of aromatic nitrogens is 1. The van der Waals surface area contributed by atoms with Crippen molar-refractivity contribution in [2.45, 2.75) is 20.4 Å². The lowest BCUT2D eigenvalue weighted by atomic mass is 10.1. The van der Waals surface area contributed by atoms with E-state index in [0.717, 1.165) is 23.7 Å². The first-order chi connectivity index (χ1) is 9.74. The molecule has 0 radical (unpaired) electrons. The van der Waals surface area contributed by atoms with Gasteiger partial charge in [0.1, 0.15) is 0 Å². The summed E-state index contributed by atoms with van der Waals surface area (Å²) in [5, 5.41) is 3.38. The monoisotopic (exact) mass is 272 g/mol. The molecule has 1 aromatic carbocycles. The van der Waals surface area contributed by atoms with Gasteiger partial charge in [-0.2, -0.15) is 0 Å². The van der Waals surface area contributed by atoms with Crippen molar-refractivity contribution in [1.29, 1.82) is 0 Å². The highest BCUT2D eigenvalue weighted by Crippen LogP contribution is 2.30. The standard InChI is InChI=1S/C16H20N2O2/c1-4-20-16-9-14(5-6-15(16)19-3)18-11-13-10-17-8-7-12(13)2/h5-10,18H,4,11H2,1-3H3. The van der Waals surface area contributed by atoms with Gasteiger partial charge < -0.3 is 14.8 Å². The van der Waals surface area contributed by atoms with Crippen molar-refractivity contribution in [1.82, 2.24) is 4.98 Å². The predicted molar refractivity (Wildman–Crippen MR) is 80.5 cm³/mol. The van der Waals surface area contributed by atoms with E-state index in [4.69, 9.17) is 9.47 Å². The molecule has 4 heteroatoms. The van der Waals surface area contributed by atoms with Crippen LogP contribution in [0.5, 0.6) is 11.5 Å². The first-order valence-electron chi connectivity index (χ1n) is 6.68. The number of anilines is 1. The molecule has 0 aliphatic heterocycles. The van der Waals surface area contributed by atoms with E-state index in [-0.39, 0.29) is 0 Å². The summed E-state index contributed by atoms with van der Waals surface area (Å²) in [6, 6.07) is 7.85. The fourth-order valence-corrected chi connectivity index (χ4v) is 1.93. The molecule has 4 nitrogen and oxygen atoms in total. The normalized spacial score (nSPS) is 10.2. The van der Waals surface area contributed by atoms with Gasteiger partial charge in [0, 0.05) is 30.7 Å². The van der Waals surface area contributed by atoms with Crippen molar-refractivity contribution in [2.24, 2.45) is 0 Å². The van der Waals surface area contributed by atoms with Crippen molar-refractivity contribution < 1.29 is 9.47 Å². The molecule has 2 aromatic rings. The van der Waals surface area contributed by atoms with Crippen LogP contribution in [0.2, 0.25) is 0 Å². The average Bonchev–Trinajstić information content (AvgIpc) is 2.47. The van der Waals surface area contributed by atoms with E-state index in [1.165, 1.54) is 11.1 Å². The highest BCUT2D eigenvalue weighted by atomic mass is 16.5. The van der Waals surface area contributed by atoms with Crippen molar-refractivity contribution in [3.63, 3.8) is 0 Å². The third kappa shape index (κ3) is 3.41. The molecule has 0 aliphatic rings. The van der Waals surface area contributed by atoms with Gasteiger partial charge in [0.2, 0.25) is 0 Å². The fraction of sp³-hybridized carbons (Fsp3) is 0.312. The lowest BCUT2D eigenvalue weighted by Gasteiger charge is -2.13. The maximum atomic E-state index is 5.57. The number of benzene rings is 1. The van der Waals surface area contributed by atoms with E-state index >= 15 is 0 Å². The summed E-state index contributed by atoms with van der Waals surface area (Å²) in [7, 11) is 1.64. The largest absolute Gasteiger partial charge is 0.493 e. The van der Waals surface area contributed by atoms with E-state index < -0.39 is 0 Å². The van der Waals surface area contributed by atoms with Crippen molar-refractivity contribution in [3.05, 3.63) is 47.8 Å². The minimum Gasteiger partial charge on any atom is -0.493 e. The van der Waals surface area contributed by atoms with E-state index in [2.05, 4.69) is 17.2 Å². The minimum atomic E-state index is 0.613. The van der Waals surface area contributed by atoms with Gasteiger partial charge in [-0.05, 0) is 43.2 Å². The van der Waals surface area contributed by atoms with Gasteiger partial charge in [-0.15, -0.1) is 0 Å². The van der Waals surface area contributed by atoms with E-state index in [1.807, 2.05) is 37.4 Å². The zero-order valence-electron chi connectivity index (χ0n) is 12.1. The maximum Gasteiger partial charge on any atom is 0.163 e. The molecule has 0 unspecified atom stereocenters. The Morgan fingerprint density at radius 1 is 1.20 bits per heavy atom. The molecule has 0 aliphatic carbocycles. The number of nitrogens with zero attached hydrogens (tertiary/aromatic N) is 1. The van der Waals surface area contributed by atoms with Crippen LogP contribution in [0.25, 0.3) is 0 Å². The average molecular weight is 272 g/mol. The maximum absolute atomic E-state index is 5.57. The smallest absolute Gasteiger partial charge is 0.163 e. The number of pyridine rings is 1. The van der Waals surface area contributed by atoms with Gasteiger partial charge in [-0.25, -0.2) is 0 Å². The number of aryl methyl sites for hydroxylation is 1. The van der Waals surface area contributed by atoms with Gasteiger partial charge in [-0.3, -0.25) is 4.98 Å². The zero-order valence-corrected chi connectivity index (χ0v) is 12.1. The Labute approximate surface area is 119 Å². The summed E-state index contributed by atoms with van der Waals surface area (Å²) in [5.41, 5.74) is 3.41. The van der Waals surface area contributed by atoms with Crippen LogP contribution in [0, 0.1) is 6.92 Å². The molecule has 0 bridgehead atoms. The summed E-state index contributed by atoms with van der Waals surface area (Å²) >= 11 is 0. The number of ether oxygens (including phenoxy) is 2. The van der Waals surface area contributed by atoms with Crippen LogP contribution >= 0.6 is 0 Å². The second-order valence-electron chi connectivity index (χ2n) is 4.45. The molecule has 0 spiro atoms. The van der Waals surface area contributed by atoms with E-state index in [0.29, 0.717) is 6.61 Å². The van der Waals surface area contributed by atoms with Gasteiger partial charge in [0.05, 0.1) is 13.7 Å². The summed E-state index contributed by atoms with van der Waals surface area (Å²) in [5.74, 6) is 1.50. The van der Waals surface area contributed by atoms with Crippen LogP contribution < -0.4 is 14.8 Å². The SMILES string of the molecule is CCOc1cc(NCc2cnccc2C)ccc1OC. The van der Waals surface area contributed by atoms with Gasteiger partial charge in [0.25, 0.3) is 0 Å². The highest BCUT2D eigenvalue weighted by Gasteiger charge is 2.05. The molecule has 0 fully saturated rings. The Morgan fingerprint density at radius 2 is 2.05 bits per heavy atom. The predicted octanol–water partition coefficient (Wildman–Crippen LogP) is 3.41. The molecule has 1 heterocycles. The Kier molecular flexibility index (Phi) is 4.82. The number of methoxy groups -OCH3 is 1. The Hall–Kier alpha value is -2.23. The number of nitrogens with one attached hydrogen (secondary N) is 1. The summed E-state index contributed by atoms with van der Waals surface area (Å²) < 4.78 is 10.8. The van der Waals surface area contributed by atoms with E-state index in [1.54, 1.807) is 13.3 Å². The van der Waals surface area contributed by atoms with Crippen LogP contribution in [0.15, 0.2) is 36.7 Å². The summed E-state index contributed by atoms with van der Waals surface area (Å²) in [6.07, 6.45) is 3.69. The topological polar surface area (TPSA) is 43.4 Å². The Bertz CT molecular complexity index is 570. The van der Waals surface area contributed by atoms with Gasteiger partial charge >= 0.3 is 0 Å². The quantitative estimate of drug-likeness (QED) is 0.875. The molecule has 0 amide bonds. The number of hydrogen-bond donors (Lipinski definition) is 1. The molecule has 2 rings (SSSR count). The molecule has 1 aromatic heterocycles. The second kappa shape index (κ2) is 6.80. The van der Waals surface area contributed by atoms with Crippen molar-refractivity contribution in [3.8, 4) is 11.5 Å². The fourth-order valence-electron chi connectivity index (χ4n) is 1.93. The highest BCUT2D eigenvalue weighted by molar-refractivity contribution is 5.55. The first-order valence-corrected chi connectivity index (χ1v) is 6.68. The van der Waals surface area contributed by atoms with Crippen molar-refractivity contribution in [2.75, 3.05) is 19.0 Å². The molecule has 0 saturated heterocycles. The molecule has 1 N–H and O–H groups in total. The van der Waals surface area contributed by atoms with E-state index in [9.17, 15) is 0 Å². The molecular formula is C16H20N2O2. The third-order valence-corrected chi connectivity index (χ3v) is 3.09. The second-order valence-corrected chi connectivity index (χ2v) is 4.45. The van der Waals surface area contributed by atoms with Crippen LogP contribution in [-0.4, -0.2) is 18.7 Å². The Morgan fingerprint density at radius 3 is 2.75 bits per heavy atom. The van der Waals surface area contributed by atoms with Crippen molar-refractivity contribution >= 4 is 5.69 Å². The molecule has 0 saturated carbocycles. The van der Waals surface area contributed by atoms with Gasteiger partial charge in [-0.1, -0.05) is 0 Å². The Balaban J connectivity index is 2.10. The summed E-state index contributed by atoms with van der Waals surface area (Å²) in [4.78, 5) is 4.15. The van der Waals surface area contributed by atoms with Crippen LogP contribution in [0.1, 0.15) is 18.1 Å².